The maximum atomic E-state index is 5.34. The molecule has 1 saturated heterocycles. The van der Waals surface area contributed by atoms with Crippen LogP contribution in [-0.2, 0) is 6.54 Å². The lowest BCUT2D eigenvalue weighted by molar-refractivity contribution is 0.181. The summed E-state index contributed by atoms with van der Waals surface area (Å²) in [6.07, 6.45) is 4.66. The van der Waals surface area contributed by atoms with E-state index in [0.717, 1.165) is 55.4 Å². The average Bonchev–Trinajstić information content (AvgIpc) is 3.28. The topological polar surface area (TPSA) is 72.4 Å². The minimum atomic E-state index is 0.421. The summed E-state index contributed by atoms with van der Waals surface area (Å²) in [6.45, 7) is 4.85. The minimum absolute atomic E-state index is 0.421. The molecule has 3 aromatic rings. The Morgan fingerprint density at radius 1 is 1.08 bits per heavy atom. The van der Waals surface area contributed by atoms with Gasteiger partial charge in [0.25, 0.3) is 0 Å². The van der Waals surface area contributed by atoms with Crippen molar-refractivity contribution in [2.75, 3.05) is 13.1 Å². The molecule has 0 atom stereocenters. The Morgan fingerprint density at radius 2 is 1.92 bits per heavy atom. The van der Waals surface area contributed by atoms with E-state index in [2.05, 4.69) is 32.4 Å². The monoisotopic (exact) mass is 338 g/mol. The van der Waals surface area contributed by atoms with Crippen LogP contribution in [0.1, 0.15) is 60.5 Å². The van der Waals surface area contributed by atoms with Crippen molar-refractivity contribution in [2.24, 2.45) is 0 Å². The van der Waals surface area contributed by atoms with Crippen LogP contribution >= 0.6 is 0 Å². The third-order valence-corrected chi connectivity index (χ3v) is 5.31. The molecule has 7 nitrogen and oxygen atoms in total. The molecule has 2 fully saturated rings. The standard InChI is InChI=1S/C18H22N6O/c1-12-10-15(25-22-12)11-23-8-6-14(7-9-23)18-20-19-17-5-4-16(13-2-3-13)21-24(17)18/h4-5,10,13-14H,2-3,6-9,11H2,1H3. The maximum absolute atomic E-state index is 5.34. The van der Waals surface area contributed by atoms with Crippen LogP contribution in [0.4, 0.5) is 0 Å². The maximum Gasteiger partial charge on any atom is 0.177 e. The van der Waals surface area contributed by atoms with E-state index < -0.39 is 0 Å². The van der Waals surface area contributed by atoms with Crippen LogP contribution in [0, 0.1) is 6.92 Å². The van der Waals surface area contributed by atoms with Gasteiger partial charge in [-0.25, -0.2) is 0 Å². The Labute approximate surface area is 146 Å². The molecule has 0 amide bonds. The molecule has 1 aliphatic carbocycles. The molecule has 3 aromatic heterocycles. The van der Waals surface area contributed by atoms with E-state index in [1.807, 2.05) is 17.5 Å². The van der Waals surface area contributed by atoms with Gasteiger partial charge in [-0.3, -0.25) is 4.90 Å². The van der Waals surface area contributed by atoms with Crippen molar-refractivity contribution in [2.45, 2.75) is 51.0 Å². The van der Waals surface area contributed by atoms with Crippen molar-refractivity contribution in [3.8, 4) is 0 Å². The van der Waals surface area contributed by atoms with Crippen molar-refractivity contribution in [1.29, 1.82) is 0 Å². The second kappa shape index (κ2) is 5.91. The summed E-state index contributed by atoms with van der Waals surface area (Å²) in [6, 6.07) is 6.17. The van der Waals surface area contributed by atoms with Gasteiger partial charge in [0, 0.05) is 17.9 Å². The molecule has 2 aliphatic rings. The summed E-state index contributed by atoms with van der Waals surface area (Å²) in [5, 5.41) is 17.6. The van der Waals surface area contributed by atoms with Crippen molar-refractivity contribution in [3.63, 3.8) is 0 Å². The number of hydrogen-bond acceptors (Lipinski definition) is 6. The second-order valence-corrected chi connectivity index (χ2v) is 7.35. The van der Waals surface area contributed by atoms with Crippen molar-refractivity contribution < 1.29 is 4.52 Å². The summed E-state index contributed by atoms with van der Waals surface area (Å²) in [5.41, 5.74) is 2.99. The molecule has 7 heteroatoms. The molecular formula is C18H22N6O. The molecule has 1 aliphatic heterocycles. The summed E-state index contributed by atoms with van der Waals surface area (Å²) >= 11 is 0. The van der Waals surface area contributed by atoms with Crippen LogP contribution in [0.2, 0.25) is 0 Å². The number of piperidine rings is 1. The molecule has 0 spiro atoms. The van der Waals surface area contributed by atoms with Crippen molar-refractivity contribution in [1.82, 2.24) is 29.9 Å². The van der Waals surface area contributed by atoms with E-state index in [1.54, 1.807) is 0 Å². The van der Waals surface area contributed by atoms with Crippen LogP contribution in [0.25, 0.3) is 5.65 Å². The third-order valence-electron chi connectivity index (χ3n) is 5.31. The predicted octanol–water partition coefficient (Wildman–Crippen LogP) is 2.68. The highest BCUT2D eigenvalue weighted by atomic mass is 16.5. The Hall–Kier alpha value is -2.28. The number of rotatable bonds is 4. The van der Waals surface area contributed by atoms with Crippen LogP contribution in [0.3, 0.4) is 0 Å². The van der Waals surface area contributed by atoms with Crippen molar-refractivity contribution >= 4 is 5.65 Å². The molecule has 25 heavy (non-hydrogen) atoms. The fraction of sp³-hybridized carbons (Fsp3) is 0.556. The quantitative estimate of drug-likeness (QED) is 0.728. The smallest absolute Gasteiger partial charge is 0.177 e. The first-order valence-electron chi connectivity index (χ1n) is 9.13. The van der Waals surface area contributed by atoms with Gasteiger partial charge in [0.2, 0.25) is 0 Å². The fourth-order valence-corrected chi connectivity index (χ4v) is 3.73. The van der Waals surface area contributed by atoms with Crippen LogP contribution < -0.4 is 0 Å². The van der Waals surface area contributed by atoms with Gasteiger partial charge < -0.3 is 4.52 Å². The van der Waals surface area contributed by atoms with Gasteiger partial charge in [-0.1, -0.05) is 5.16 Å². The summed E-state index contributed by atoms with van der Waals surface area (Å²) < 4.78 is 7.32. The molecule has 0 bridgehead atoms. The van der Waals surface area contributed by atoms with Crippen LogP contribution in [0.15, 0.2) is 22.7 Å². The van der Waals surface area contributed by atoms with E-state index in [1.165, 1.54) is 18.5 Å². The van der Waals surface area contributed by atoms with Crippen molar-refractivity contribution in [3.05, 3.63) is 41.2 Å². The lowest BCUT2D eigenvalue weighted by Crippen LogP contribution is -2.33. The molecule has 0 aromatic carbocycles. The zero-order valence-corrected chi connectivity index (χ0v) is 14.4. The molecule has 4 heterocycles. The predicted molar refractivity (Wildman–Crippen MR) is 91.2 cm³/mol. The Balaban J connectivity index is 1.30. The van der Waals surface area contributed by atoms with Crippen LogP contribution in [0.5, 0.6) is 0 Å². The van der Waals surface area contributed by atoms with Crippen LogP contribution in [-0.4, -0.2) is 43.0 Å². The van der Waals surface area contributed by atoms with Gasteiger partial charge in [0.1, 0.15) is 0 Å². The zero-order valence-electron chi connectivity index (χ0n) is 14.4. The largest absolute Gasteiger partial charge is 0.360 e. The number of hydrogen-bond donors (Lipinski definition) is 0. The Morgan fingerprint density at radius 3 is 2.64 bits per heavy atom. The van der Waals surface area contributed by atoms with Gasteiger partial charge in [-0.05, 0) is 57.8 Å². The van der Waals surface area contributed by atoms with Gasteiger partial charge in [-0.2, -0.15) is 9.61 Å². The number of fused-ring (bicyclic) bond motifs is 1. The zero-order chi connectivity index (χ0) is 16.8. The Bertz CT molecular complexity index is 888. The first kappa shape index (κ1) is 15.0. The lowest BCUT2D eigenvalue weighted by Gasteiger charge is -2.30. The van der Waals surface area contributed by atoms with E-state index in [0.29, 0.717) is 11.8 Å². The first-order chi connectivity index (χ1) is 12.3. The lowest BCUT2D eigenvalue weighted by atomic mass is 9.96. The molecule has 130 valence electrons. The average molecular weight is 338 g/mol. The molecule has 0 N–H and O–H groups in total. The van der Waals surface area contributed by atoms with E-state index in [9.17, 15) is 0 Å². The first-order valence-corrected chi connectivity index (χ1v) is 9.13. The fourth-order valence-electron chi connectivity index (χ4n) is 3.73. The molecule has 0 unspecified atom stereocenters. The Kier molecular flexibility index (Phi) is 3.55. The van der Waals surface area contributed by atoms with Gasteiger partial charge in [0.05, 0.1) is 17.9 Å². The second-order valence-electron chi connectivity index (χ2n) is 7.35. The van der Waals surface area contributed by atoms with Gasteiger partial charge >= 0.3 is 0 Å². The summed E-state index contributed by atoms with van der Waals surface area (Å²) in [5.74, 6) is 3.03. The minimum Gasteiger partial charge on any atom is -0.360 e. The van der Waals surface area contributed by atoms with E-state index in [-0.39, 0.29) is 0 Å². The van der Waals surface area contributed by atoms with E-state index in [4.69, 9.17) is 9.62 Å². The molecule has 5 rings (SSSR count). The number of aromatic nitrogens is 5. The van der Waals surface area contributed by atoms with Gasteiger partial charge in [-0.15, -0.1) is 10.2 Å². The third kappa shape index (κ3) is 2.93. The summed E-state index contributed by atoms with van der Waals surface area (Å²) in [7, 11) is 0. The van der Waals surface area contributed by atoms with E-state index >= 15 is 0 Å². The number of nitrogens with zero attached hydrogens (tertiary/aromatic N) is 6. The highest BCUT2D eigenvalue weighted by Crippen LogP contribution is 2.39. The van der Waals surface area contributed by atoms with Gasteiger partial charge in [0.15, 0.2) is 17.2 Å². The molecule has 0 radical (unpaired) electrons. The normalized spacial score (nSPS) is 19.7. The highest BCUT2D eigenvalue weighted by Gasteiger charge is 2.28. The summed E-state index contributed by atoms with van der Waals surface area (Å²) in [4.78, 5) is 2.42. The number of aryl methyl sites for hydroxylation is 1. The molecule has 1 saturated carbocycles. The SMILES string of the molecule is Cc1cc(CN2CCC(c3nnc4ccc(C5CC5)nn34)CC2)on1. The highest BCUT2D eigenvalue weighted by molar-refractivity contribution is 5.38. The molecular weight excluding hydrogens is 316 g/mol. The number of likely N-dealkylation sites (tertiary alicyclic amines) is 1.